The summed E-state index contributed by atoms with van der Waals surface area (Å²) < 4.78 is 5.15. The standard InChI is InChI=1S/C19H27N3O4/c1-26-17-7-5-16(6-8-17)22-13-14(12-18(22)24)20-19(25)21-10-3-2-4-15(21)9-11-23/h5-8,14-15,23H,2-4,9-13H2,1H3,(H,20,25)/t14-,15-/m1/s1. The first-order valence-corrected chi connectivity index (χ1v) is 9.24. The van der Waals surface area contributed by atoms with Gasteiger partial charge < -0.3 is 25.0 Å². The fraction of sp³-hybridized carbons (Fsp3) is 0.579. The summed E-state index contributed by atoms with van der Waals surface area (Å²) in [5.41, 5.74) is 0.809. The number of benzene rings is 1. The molecule has 2 saturated heterocycles. The number of hydrogen-bond donors (Lipinski definition) is 2. The molecule has 0 saturated carbocycles. The van der Waals surface area contributed by atoms with E-state index < -0.39 is 0 Å². The van der Waals surface area contributed by atoms with Crippen molar-refractivity contribution in [3.8, 4) is 5.75 Å². The van der Waals surface area contributed by atoms with Gasteiger partial charge in [0.25, 0.3) is 0 Å². The number of amides is 3. The van der Waals surface area contributed by atoms with Crippen molar-refractivity contribution in [3.05, 3.63) is 24.3 Å². The molecule has 2 heterocycles. The van der Waals surface area contributed by atoms with Crippen LogP contribution >= 0.6 is 0 Å². The molecule has 2 N–H and O–H groups in total. The van der Waals surface area contributed by atoms with Crippen molar-refractivity contribution < 1.29 is 19.4 Å². The first kappa shape index (κ1) is 18.5. The molecule has 7 heteroatoms. The first-order valence-electron chi connectivity index (χ1n) is 9.24. The van der Waals surface area contributed by atoms with Gasteiger partial charge >= 0.3 is 6.03 Å². The highest BCUT2D eigenvalue weighted by Crippen LogP contribution is 2.25. The topological polar surface area (TPSA) is 82.1 Å². The summed E-state index contributed by atoms with van der Waals surface area (Å²) in [6.45, 7) is 1.26. The molecule has 2 atom stereocenters. The summed E-state index contributed by atoms with van der Waals surface area (Å²) in [6, 6.07) is 7.10. The maximum Gasteiger partial charge on any atom is 0.317 e. The van der Waals surface area contributed by atoms with Crippen molar-refractivity contribution in [2.24, 2.45) is 0 Å². The molecule has 0 aromatic heterocycles. The van der Waals surface area contributed by atoms with Crippen LogP contribution in [0.25, 0.3) is 0 Å². The van der Waals surface area contributed by atoms with Gasteiger partial charge in [-0.1, -0.05) is 0 Å². The maximum atomic E-state index is 12.7. The average molecular weight is 361 g/mol. The third kappa shape index (κ3) is 4.09. The Bertz CT molecular complexity index is 632. The van der Waals surface area contributed by atoms with E-state index in [1.54, 1.807) is 12.0 Å². The molecule has 0 spiro atoms. The first-order chi connectivity index (χ1) is 12.6. The number of piperidine rings is 1. The summed E-state index contributed by atoms with van der Waals surface area (Å²) in [6.07, 6.45) is 3.90. The Morgan fingerprint density at radius 2 is 2.08 bits per heavy atom. The largest absolute Gasteiger partial charge is 0.497 e. The van der Waals surface area contributed by atoms with Gasteiger partial charge in [0.15, 0.2) is 0 Å². The minimum Gasteiger partial charge on any atom is -0.497 e. The molecule has 7 nitrogen and oxygen atoms in total. The van der Waals surface area contributed by atoms with E-state index in [1.165, 1.54) is 0 Å². The number of nitrogens with one attached hydrogen (secondary N) is 1. The molecule has 1 aromatic rings. The van der Waals surface area contributed by atoms with E-state index in [1.807, 2.05) is 29.2 Å². The number of anilines is 1. The zero-order valence-corrected chi connectivity index (χ0v) is 15.2. The highest BCUT2D eigenvalue weighted by molar-refractivity contribution is 5.96. The minimum atomic E-state index is -0.200. The molecule has 2 aliphatic rings. The van der Waals surface area contributed by atoms with Crippen LogP contribution in [0.2, 0.25) is 0 Å². The molecule has 0 unspecified atom stereocenters. The lowest BCUT2D eigenvalue weighted by Crippen LogP contribution is -2.52. The molecule has 0 aliphatic carbocycles. The SMILES string of the molecule is COc1ccc(N2C[C@H](NC(=O)N3CCCC[C@@H]3CCO)CC2=O)cc1. The maximum absolute atomic E-state index is 12.7. The van der Waals surface area contributed by atoms with Crippen LogP contribution in [0.3, 0.4) is 0 Å². The Balaban J connectivity index is 1.60. The second-order valence-corrected chi connectivity index (χ2v) is 6.91. The van der Waals surface area contributed by atoms with Gasteiger partial charge in [-0.05, 0) is 49.9 Å². The van der Waals surface area contributed by atoms with E-state index in [0.717, 1.165) is 30.7 Å². The van der Waals surface area contributed by atoms with Gasteiger partial charge in [-0.25, -0.2) is 4.79 Å². The highest BCUT2D eigenvalue weighted by Gasteiger charge is 2.34. The molecule has 142 valence electrons. The summed E-state index contributed by atoms with van der Waals surface area (Å²) in [7, 11) is 1.60. The molecule has 2 fully saturated rings. The van der Waals surface area contributed by atoms with Gasteiger partial charge in [0.1, 0.15) is 5.75 Å². The predicted molar refractivity (Wildman–Crippen MR) is 98.3 cm³/mol. The molecule has 3 amide bonds. The Hall–Kier alpha value is -2.28. The van der Waals surface area contributed by atoms with Gasteiger partial charge in [-0.2, -0.15) is 0 Å². The normalized spacial score (nSPS) is 23.2. The second-order valence-electron chi connectivity index (χ2n) is 6.91. The van der Waals surface area contributed by atoms with E-state index in [2.05, 4.69) is 5.32 Å². The Labute approximate surface area is 153 Å². The van der Waals surface area contributed by atoms with Crippen molar-refractivity contribution in [1.82, 2.24) is 10.2 Å². The van der Waals surface area contributed by atoms with Crippen molar-refractivity contribution in [3.63, 3.8) is 0 Å². The van der Waals surface area contributed by atoms with E-state index >= 15 is 0 Å². The molecule has 26 heavy (non-hydrogen) atoms. The zero-order chi connectivity index (χ0) is 18.5. The van der Waals surface area contributed by atoms with Gasteiger partial charge in [-0.3, -0.25) is 4.79 Å². The third-order valence-corrected chi connectivity index (χ3v) is 5.19. The third-order valence-electron chi connectivity index (χ3n) is 5.19. The second kappa shape index (κ2) is 8.40. The number of carbonyl (C=O) groups excluding carboxylic acids is 2. The number of hydrogen-bond acceptors (Lipinski definition) is 4. The van der Waals surface area contributed by atoms with Gasteiger partial charge in [0.05, 0.1) is 13.2 Å². The van der Waals surface area contributed by atoms with Crippen LogP contribution in [-0.4, -0.2) is 60.8 Å². The Morgan fingerprint density at radius 1 is 1.31 bits per heavy atom. The Morgan fingerprint density at radius 3 is 2.77 bits per heavy atom. The van der Waals surface area contributed by atoms with E-state index in [0.29, 0.717) is 25.9 Å². The zero-order valence-electron chi connectivity index (χ0n) is 15.2. The van der Waals surface area contributed by atoms with Crippen LogP contribution in [-0.2, 0) is 4.79 Å². The van der Waals surface area contributed by atoms with Gasteiger partial charge in [-0.15, -0.1) is 0 Å². The van der Waals surface area contributed by atoms with Crippen molar-refractivity contribution in [1.29, 1.82) is 0 Å². The van der Waals surface area contributed by atoms with Crippen LogP contribution in [0.15, 0.2) is 24.3 Å². The number of aliphatic hydroxyl groups excluding tert-OH is 1. The smallest absolute Gasteiger partial charge is 0.317 e. The number of urea groups is 1. The van der Waals surface area contributed by atoms with E-state index in [4.69, 9.17) is 4.74 Å². The number of likely N-dealkylation sites (tertiary alicyclic amines) is 1. The lowest BCUT2D eigenvalue weighted by Gasteiger charge is -2.36. The van der Waals surface area contributed by atoms with Crippen LogP contribution in [0.1, 0.15) is 32.1 Å². The highest BCUT2D eigenvalue weighted by atomic mass is 16.5. The van der Waals surface area contributed by atoms with Crippen molar-refractivity contribution in [2.45, 2.75) is 44.2 Å². The van der Waals surface area contributed by atoms with Crippen molar-refractivity contribution in [2.75, 3.05) is 31.7 Å². The Kier molecular flexibility index (Phi) is 5.98. The monoisotopic (exact) mass is 361 g/mol. The van der Waals surface area contributed by atoms with Crippen LogP contribution in [0, 0.1) is 0 Å². The molecule has 1 aromatic carbocycles. The quantitative estimate of drug-likeness (QED) is 0.837. The number of nitrogens with zero attached hydrogens (tertiary/aromatic N) is 2. The number of ether oxygens (including phenoxy) is 1. The number of carbonyl (C=O) groups is 2. The summed E-state index contributed by atoms with van der Waals surface area (Å²) in [5.74, 6) is 0.747. The number of aliphatic hydroxyl groups is 1. The summed E-state index contributed by atoms with van der Waals surface area (Å²) in [5, 5.41) is 12.2. The average Bonchev–Trinajstić information content (AvgIpc) is 3.02. The lowest BCUT2D eigenvalue weighted by molar-refractivity contribution is -0.117. The molecule has 2 aliphatic heterocycles. The van der Waals surface area contributed by atoms with E-state index in [-0.39, 0.29) is 30.6 Å². The number of methoxy groups -OCH3 is 1. The lowest BCUT2D eigenvalue weighted by atomic mass is 10.00. The minimum absolute atomic E-state index is 0.00557. The van der Waals surface area contributed by atoms with Crippen LogP contribution in [0.5, 0.6) is 5.75 Å². The van der Waals surface area contributed by atoms with Gasteiger partial charge in [0.2, 0.25) is 5.91 Å². The molecular formula is C19H27N3O4. The summed E-state index contributed by atoms with van der Waals surface area (Å²) >= 11 is 0. The van der Waals surface area contributed by atoms with E-state index in [9.17, 15) is 14.7 Å². The fourth-order valence-electron chi connectivity index (χ4n) is 3.79. The van der Waals surface area contributed by atoms with Gasteiger partial charge in [0, 0.05) is 37.8 Å². The predicted octanol–water partition coefficient (Wildman–Crippen LogP) is 1.75. The van der Waals surface area contributed by atoms with Crippen LogP contribution < -0.4 is 15.0 Å². The van der Waals surface area contributed by atoms with Crippen molar-refractivity contribution >= 4 is 17.6 Å². The molecule has 3 rings (SSSR count). The summed E-state index contributed by atoms with van der Waals surface area (Å²) in [4.78, 5) is 28.5. The fourth-order valence-corrected chi connectivity index (χ4v) is 3.79. The molecular weight excluding hydrogens is 334 g/mol. The number of rotatable bonds is 5. The molecule has 0 bridgehead atoms. The van der Waals surface area contributed by atoms with Crippen LogP contribution in [0.4, 0.5) is 10.5 Å². The molecule has 0 radical (unpaired) electrons.